The highest BCUT2D eigenvalue weighted by atomic mass is 32.1. The molecule has 2 nitrogen and oxygen atoms in total. The Morgan fingerprint density at radius 2 is 2.25 bits per heavy atom. The lowest BCUT2D eigenvalue weighted by atomic mass is 10.1. The summed E-state index contributed by atoms with van der Waals surface area (Å²) in [4.78, 5) is 21.7. The summed E-state index contributed by atoms with van der Waals surface area (Å²) in [5.74, 6) is -0.0591. The minimum absolute atomic E-state index is 0.000833. The van der Waals surface area contributed by atoms with Crippen LogP contribution in [-0.4, -0.2) is 11.6 Å². The van der Waals surface area contributed by atoms with Gasteiger partial charge in [0.1, 0.15) is 11.6 Å². The summed E-state index contributed by atoms with van der Waals surface area (Å²) >= 11 is 1.56. The van der Waals surface area contributed by atoms with E-state index in [-0.39, 0.29) is 18.0 Å². The van der Waals surface area contributed by atoms with E-state index in [0.29, 0.717) is 6.42 Å². The van der Waals surface area contributed by atoms with Gasteiger partial charge in [0.2, 0.25) is 0 Å². The second-order valence-corrected chi connectivity index (χ2v) is 3.51. The highest BCUT2D eigenvalue weighted by molar-refractivity contribution is 7.07. The van der Waals surface area contributed by atoms with Gasteiger partial charge in [-0.2, -0.15) is 11.3 Å². The van der Waals surface area contributed by atoms with Crippen LogP contribution in [0.15, 0.2) is 16.8 Å². The Hall–Kier alpha value is -0.960. The first-order valence-corrected chi connectivity index (χ1v) is 4.65. The average molecular weight is 182 g/mol. The van der Waals surface area contributed by atoms with Crippen LogP contribution in [0.3, 0.4) is 0 Å². The van der Waals surface area contributed by atoms with Gasteiger partial charge >= 0.3 is 0 Å². The fourth-order valence-electron chi connectivity index (χ4n) is 0.961. The van der Waals surface area contributed by atoms with Gasteiger partial charge in [-0.15, -0.1) is 0 Å². The van der Waals surface area contributed by atoms with E-state index in [1.807, 2.05) is 16.8 Å². The van der Waals surface area contributed by atoms with Crippen LogP contribution in [0.1, 0.15) is 18.9 Å². The van der Waals surface area contributed by atoms with Crippen LogP contribution in [0.2, 0.25) is 0 Å². The molecule has 0 amide bonds. The van der Waals surface area contributed by atoms with Crippen LogP contribution < -0.4 is 0 Å². The van der Waals surface area contributed by atoms with Crippen LogP contribution in [0.5, 0.6) is 0 Å². The molecule has 64 valence electrons. The molecule has 1 rings (SSSR count). The van der Waals surface area contributed by atoms with Crippen molar-refractivity contribution in [2.75, 3.05) is 0 Å². The quantitative estimate of drug-likeness (QED) is 0.666. The maximum atomic E-state index is 11.1. The molecule has 0 radical (unpaired) electrons. The van der Waals surface area contributed by atoms with E-state index < -0.39 is 0 Å². The molecule has 0 aliphatic carbocycles. The fraction of sp³-hybridized carbons (Fsp3) is 0.333. The van der Waals surface area contributed by atoms with Crippen molar-refractivity contribution in [3.63, 3.8) is 0 Å². The van der Waals surface area contributed by atoms with Gasteiger partial charge in [0.15, 0.2) is 0 Å². The summed E-state index contributed by atoms with van der Waals surface area (Å²) in [5.41, 5.74) is 1.01. The monoisotopic (exact) mass is 182 g/mol. The number of ketones is 2. The SMILES string of the molecule is CC(=O)CC(=O)Cc1ccsc1. The van der Waals surface area contributed by atoms with Crippen LogP contribution in [0, 0.1) is 0 Å². The van der Waals surface area contributed by atoms with Gasteiger partial charge in [0.25, 0.3) is 0 Å². The fourth-order valence-corrected chi connectivity index (χ4v) is 1.63. The summed E-state index contributed by atoms with van der Waals surface area (Å²) in [5, 5.41) is 3.86. The molecule has 0 saturated carbocycles. The molecule has 1 aromatic heterocycles. The Balaban J connectivity index is 2.42. The zero-order valence-electron chi connectivity index (χ0n) is 6.87. The summed E-state index contributed by atoms with van der Waals surface area (Å²) < 4.78 is 0. The normalized spacial score (nSPS) is 9.75. The third-order valence-corrected chi connectivity index (χ3v) is 2.16. The van der Waals surface area contributed by atoms with Crippen LogP contribution in [0.4, 0.5) is 0 Å². The summed E-state index contributed by atoms with van der Waals surface area (Å²) in [6.07, 6.45) is 0.457. The Bertz CT molecular complexity index is 275. The average Bonchev–Trinajstić information content (AvgIpc) is 2.37. The van der Waals surface area contributed by atoms with Gasteiger partial charge in [-0.1, -0.05) is 0 Å². The molecule has 0 spiro atoms. The lowest BCUT2D eigenvalue weighted by Gasteiger charge is -1.93. The van der Waals surface area contributed by atoms with Crippen molar-refractivity contribution in [1.29, 1.82) is 0 Å². The highest BCUT2D eigenvalue weighted by Gasteiger charge is 2.06. The van der Waals surface area contributed by atoms with E-state index in [4.69, 9.17) is 0 Å². The molecule has 3 heteroatoms. The molecular formula is C9H10O2S. The number of thiophene rings is 1. The molecule has 0 fully saturated rings. The molecule has 0 aromatic carbocycles. The molecule has 0 bridgehead atoms. The summed E-state index contributed by atoms with van der Waals surface area (Å²) in [6, 6.07) is 1.91. The van der Waals surface area contributed by atoms with E-state index in [9.17, 15) is 9.59 Å². The second-order valence-electron chi connectivity index (χ2n) is 2.73. The van der Waals surface area contributed by atoms with Crippen molar-refractivity contribution in [3.8, 4) is 0 Å². The first-order valence-electron chi connectivity index (χ1n) is 3.70. The third kappa shape index (κ3) is 2.96. The van der Waals surface area contributed by atoms with Gasteiger partial charge in [0, 0.05) is 6.42 Å². The van der Waals surface area contributed by atoms with E-state index >= 15 is 0 Å². The minimum atomic E-state index is -0.0600. The van der Waals surface area contributed by atoms with Crippen LogP contribution >= 0.6 is 11.3 Å². The maximum absolute atomic E-state index is 11.1. The van der Waals surface area contributed by atoms with Crippen LogP contribution in [0.25, 0.3) is 0 Å². The number of rotatable bonds is 4. The zero-order chi connectivity index (χ0) is 8.97. The maximum Gasteiger partial charge on any atom is 0.144 e. The number of hydrogen-bond acceptors (Lipinski definition) is 3. The smallest absolute Gasteiger partial charge is 0.144 e. The van der Waals surface area contributed by atoms with Crippen LogP contribution in [-0.2, 0) is 16.0 Å². The molecule has 1 aromatic rings. The summed E-state index contributed by atoms with van der Waals surface area (Å²) in [7, 11) is 0. The molecule has 0 N–H and O–H groups in total. The molecular weight excluding hydrogens is 172 g/mol. The van der Waals surface area contributed by atoms with Crippen molar-refractivity contribution < 1.29 is 9.59 Å². The molecule has 0 saturated heterocycles. The van der Waals surface area contributed by atoms with E-state index in [1.54, 1.807) is 11.3 Å². The number of hydrogen-bond donors (Lipinski definition) is 0. The summed E-state index contributed by atoms with van der Waals surface area (Å²) in [6.45, 7) is 1.44. The predicted molar refractivity (Wildman–Crippen MR) is 48.3 cm³/mol. The molecule has 0 aliphatic rings. The second kappa shape index (κ2) is 4.16. The van der Waals surface area contributed by atoms with Gasteiger partial charge < -0.3 is 0 Å². The molecule has 1 heterocycles. The van der Waals surface area contributed by atoms with E-state index in [1.165, 1.54) is 6.92 Å². The Morgan fingerprint density at radius 1 is 1.50 bits per heavy atom. The Kier molecular flexibility index (Phi) is 3.17. The van der Waals surface area contributed by atoms with Crippen molar-refractivity contribution >= 4 is 22.9 Å². The van der Waals surface area contributed by atoms with Gasteiger partial charge in [0.05, 0.1) is 6.42 Å². The van der Waals surface area contributed by atoms with Crippen molar-refractivity contribution in [1.82, 2.24) is 0 Å². The highest BCUT2D eigenvalue weighted by Crippen LogP contribution is 2.07. The van der Waals surface area contributed by atoms with Crippen molar-refractivity contribution in [2.45, 2.75) is 19.8 Å². The molecule has 12 heavy (non-hydrogen) atoms. The van der Waals surface area contributed by atoms with Crippen molar-refractivity contribution in [3.05, 3.63) is 22.4 Å². The molecule has 0 aliphatic heterocycles. The minimum Gasteiger partial charge on any atom is -0.300 e. The Morgan fingerprint density at radius 3 is 2.75 bits per heavy atom. The lowest BCUT2D eigenvalue weighted by molar-refractivity contribution is -0.125. The lowest BCUT2D eigenvalue weighted by Crippen LogP contribution is -2.06. The van der Waals surface area contributed by atoms with E-state index in [2.05, 4.69) is 0 Å². The van der Waals surface area contributed by atoms with Gasteiger partial charge in [-0.25, -0.2) is 0 Å². The zero-order valence-corrected chi connectivity index (χ0v) is 7.69. The number of carbonyl (C=O) groups excluding carboxylic acids is 2. The standard InChI is InChI=1S/C9H10O2S/c1-7(10)4-9(11)5-8-2-3-12-6-8/h2-3,6H,4-5H2,1H3. The number of Topliss-reactive ketones (excluding diaryl/α,β-unsaturated/α-hetero) is 2. The third-order valence-electron chi connectivity index (χ3n) is 1.43. The predicted octanol–water partition coefficient (Wildman–Crippen LogP) is 1.84. The van der Waals surface area contributed by atoms with E-state index in [0.717, 1.165) is 5.56 Å². The molecule has 0 unspecified atom stereocenters. The molecule has 0 atom stereocenters. The first kappa shape index (κ1) is 9.13. The largest absolute Gasteiger partial charge is 0.300 e. The number of carbonyl (C=O) groups is 2. The Labute approximate surface area is 75.2 Å². The van der Waals surface area contributed by atoms with Crippen molar-refractivity contribution in [2.24, 2.45) is 0 Å². The topological polar surface area (TPSA) is 34.1 Å². The first-order chi connectivity index (χ1) is 5.68. The van der Waals surface area contributed by atoms with Gasteiger partial charge in [-0.05, 0) is 29.3 Å². The van der Waals surface area contributed by atoms with Gasteiger partial charge in [-0.3, -0.25) is 9.59 Å².